The Balaban J connectivity index is 1.66. The fourth-order valence-electron chi connectivity index (χ4n) is 3.48. The molecule has 2 aliphatic rings. The van der Waals surface area contributed by atoms with Gasteiger partial charge in [0.05, 0.1) is 36.9 Å². The van der Waals surface area contributed by atoms with Crippen molar-refractivity contribution < 1.29 is 22.7 Å². The van der Waals surface area contributed by atoms with Gasteiger partial charge in [0, 0.05) is 31.9 Å². The van der Waals surface area contributed by atoms with Gasteiger partial charge in [-0.25, -0.2) is 8.42 Å². The summed E-state index contributed by atoms with van der Waals surface area (Å²) in [5.74, 6) is 0.431. The summed E-state index contributed by atoms with van der Waals surface area (Å²) < 4.78 is 39.2. The van der Waals surface area contributed by atoms with Gasteiger partial charge in [-0.3, -0.25) is 10.1 Å². The molecule has 2 fully saturated rings. The van der Waals surface area contributed by atoms with Crippen molar-refractivity contribution >= 4 is 49.8 Å². The smallest absolute Gasteiger partial charge is 0.259 e. The maximum Gasteiger partial charge on any atom is 0.259 e. The van der Waals surface area contributed by atoms with Crippen LogP contribution in [0.5, 0.6) is 0 Å². The Hall–Kier alpha value is -1.77. The summed E-state index contributed by atoms with van der Waals surface area (Å²) >= 11 is 2.83. The number of carbonyl (C=O) groups is 1. The van der Waals surface area contributed by atoms with Crippen LogP contribution in [0.2, 0.25) is 0 Å². The fourth-order valence-corrected chi connectivity index (χ4v) is 6.56. The number of morpholine rings is 2. The molecule has 1 N–H and O–H groups in total. The van der Waals surface area contributed by atoms with Gasteiger partial charge in [-0.15, -0.1) is 10.2 Å². The molecule has 0 bridgehead atoms. The van der Waals surface area contributed by atoms with Crippen LogP contribution >= 0.6 is 23.1 Å². The molecule has 4 rings (SSSR count). The second-order valence-corrected chi connectivity index (χ2v) is 11.5. The monoisotopic (exact) mass is 499 g/mol. The number of hydrogen-bond acceptors (Lipinski definition) is 10. The lowest BCUT2D eigenvalue weighted by atomic mass is 10.1. The Kier molecular flexibility index (Phi) is 7.63. The second kappa shape index (κ2) is 10.4. The third-order valence-electron chi connectivity index (χ3n) is 5.07. The SMILES string of the molecule is CCSc1nnc(NC(=O)c2cc(S(=O)(=O)N3CCOCC3)ccc2N2CCOCC2)s1. The summed E-state index contributed by atoms with van der Waals surface area (Å²) in [6.45, 7) is 5.62. The molecule has 0 radical (unpaired) electrons. The minimum absolute atomic E-state index is 0.0843. The van der Waals surface area contributed by atoms with Gasteiger partial charge in [0.2, 0.25) is 15.2 Å². The van der Waals surface area contributed by atoms with Crippen LogP contribution in [0.15, 0.2) is 27.4 Å². The molecule has 1 amide bonds. The molecule has 32 heavy (non-hydrogen) atoms. The van der Waals surface area contributed by atoms with Crippen LogP contribution in [-0.4, -0.2) is 87.2 Å². The summed E-state index contributed by atoms with van der Waals surface area (Å²) in [5, 5.41) is 11.2. The molecule has 13 heteroatoms. The van der Waals surface area contributed by atoms with E-state index in [-0.39, 0.29) is 23.5 Å². The van der Waals surface area contributed by atoms with E-state index in [1.807, 2.05) is 11.8 Å². The molecule has 2 aliphatic heterocycles. The van der Waals surface area contributed by atoms with Crippen molar-refractivity contribution in [2.45, 2.75) is 16.2 Å². The first-order chi connectivity index (χ1) is 15.5. The maximum absolute atomic E-state index is 13.2. The number of thioether (sulfide) groups is 1. The number of benzene rings is 1. The van der Waals surface area contributed by atoms with Gasteiger partial charge in [-0.1, -0.05) is 30.0 Å². The normalized spacial score (nSPS) is 18.0. The average molecular weight is 500 g/mol. The van der Waals surface area contributed by atoms with Gasteiger partial charge in [0.25, 0.3) is 5.91 Å². The Morgan fingerprint density at radius 1 is 1.12 bits per heavy atom. The fraction of sp³-hybridized carbons (Fsp3) is 0.526. The van der Waals surface area contributed by atoms with E-state index in [9.17, 15) is 13.2 Å². The standard InChI is InChI=1S/C19H25N5O5S3/c1-2-30-19-22-21-18(31-19)20-17(25)15-13-14(32(26,27)24-7-11-29-12-8-24)3-4-16(15)23-5-9-28-10-6-23/h3-4,13H,2,5-12H2,1H3,(H,20,21,25). The van der Waals surface area contributed by atoms with Gasteiger partial charge >= 0.3 is 0 Å². The number of rotatable bonds is 7. The highest BCUT2D eigenvalue weighted by molar-refractivity contribution is 8.01. The first-order valence-electron chi connectivity index (χ1n) is 10.3. The topological polar surface area (TPSA) is 114 Å². The Morgan fingerprint density at radius 2 is 1.81 bits per heavy atom. The third-order valence-corrected chi connectivity index (χ3v) is 8.82. The van der Waals surface area contributed by atoms with E-state index in [1.54, 1.807) is 23.9 Å². The number of hydrogen-bond donors (Lipinski definition) is 1. The molecule has 10 nitrogen and oxygen atoms in total. The van der Waals surface area contributed by atoms with E-state index in [0.29, 0.717) is 50.3 Å². The molecule has 1 aromatic carbocycles. The quantitative estimate of drug-likeness (QED) is 0.450. The van der Waals surface area contributed by atoms with Gasteiger partial charge in [-0.2, -0.15) is 4.31 Å². The first kappa shape index (κ1) is 23.4. The molecule has 2 aromatic rings. The van der Waals surface area contributed by atoms with Crippen molar-refractivity contribution in [3.63, 3.8) is 0 Å². The van der Waals surface area contributed by atoms with Gasteiger partial charge in [-0.05, 0) is 24.0 Å². The molecule has 0 spiro atoms. The summed E-state index contributed by atoms with van der Waals surface area (Å²) in [7, 11) is -3.74. The predicted molar refractivity (Wildman–Crippen MR) is 123 cm³/mol. The molecule has 0 unspecified atom stereocenters. The second-order valence-electron chi connectivity index (χ2n) is 7.06. The lowest BCUT2D eigenvalue weighted by molar-refractivity contribution is 0.0730. The van der Waals surface area contributed by atoms with E-state index in [4.69, 9.17) is 9.47 Å². The highest BCUT2D eigenvalue weighted by atomic mass is 32.2. The molecule has 0 atom stereocenters. The predicted octanol–water partition coefficient (Wildman–Crippen LogP) is 1.76. The maximum atomic E-state index is 13.2. The number of nitrogens with zero attached hydrogens (tertiary/aromatic N) is 4. The Bertz CT molecular complexity index is 1050. The zero-order valence-corrected chi connectivity index (χ0v) is 20.1. The molecular formula is C19H25N5O5S3. The summed E-state index contributed by atoms with van der Waals surface area (Å²) in [6, 6.07) is 4.72. The number of anilines is 2. The minimum Gasteiger partial charge on any atom is -0.379 e. The summed E-state index contributed by atoms with van der Waals surface area (Å²) in [6.07, 6.45) is 0. The lowest BCUT2D eigenvalue weighted by Gasteiger charge is -2.31. The van der Waals surface area contributed by atoms with Crippen LogP contribution in [0.25, 0.3) is 0 Å². The number of nitrogens with one attached hydrogen (secondary N) is 1. The number of carbonyl (C=O) groups excluding carboxylic acids is 1. The summed E-state index contributed by atoms with van der Waals surface area (Å²) in [5.41, 5.74) is 0.945. The molecule has 2 saturated heterocycles. The molecular weight excluding hydrogens is 474 g/mol. The molecule has 174 valence electrons. The van der Waals surface area contributed by atoms with E-state index in [2.05, 4.69) is 15.5 Å². The van der Waals surface area contributed by atoms with Crippen molar-refractivity contribution in [2.24, 2.45) is 0 Å². The highest BCUT2D eigenvalue weighted by Crippen LogP contribution is 2.29. The van der Waals surface area contributed by atoms with Crippen LogP contribution < -0.4 is 10.2 Å². The summed E-state index contributed by atoms with van der Waals surface area (Å²) in [4.78, 5) is 15.3. The number of aromatic nitrogens is 2. The first-order valence-corrected chi connectivity index (χ1v) is 13.6. The van der Waals surface area contributed by atoms with E-state index in [0.717, 1.165) is 10.1 Å². The van der Waals surface area contributed by atoms with Crippen LogP contribution in [0.4, 0.5) is 10.8 Å². The molecule has 3 heterocycles. The van der Waals surface area contributed by atoms with E-state index in [1.165, 1.54) is 21.7 Å². The van der Waals surface area contributed by atoms with Gasteiger partial charge in [0.1, 0.15) is 0 Å². The number of ether oxygens (including phenoxy) is 2. The van der Waals surface area contributed by atoms with Crippen molar-refractivity contribution in [2.75, 3.05) is 68.6 Å². The van der Waals surface area contributed by atoms with E-state index >= 15 is 0 Å². The Morgan fingerprint density at radius 3 is 2.50 bits per heavy atom. The van der Waals surface area contributed by atoms with Gasteiger partial charge < -0.3 is 14.4 Å². The molecule has 0 saturated carbocycles. The van der Waals surface area contributed by atoms with Crippen LogP contribution in [0, 0.1) is 0 Å². The number of sulfonamides is 1. The largest absolute Gasteiger partial charge is 0.379 e. The average Bonchev–Trinajstić information content (AvgIpc) is 3.26. The third kappa shape index (κ3) is 5.24. The molecule has 0 aliphatic carbocycles. The van der Waals surface area contributed by atoms with Gasteiger partial charge in [0.15, 0.2) is 4.34 Å². The number of amides is 1. The van der Waals surface area contributed by atoms with Crippen LogP contribution in [-0.2, 0) is 19.5 Å². The van der Waals surface area contributed by atoms with Crippen LogP contribution in [0.1, 0.15) is 17.3 Å². The zero-order chi connectivity index (χ0) is 22.6. The van der Waals surface area contributed by atoms with E-state index < -0.39 is 15.9 Å². The molecule has 1 aromatic heterocycles. The van der Waals surface area contributed by atoms with Crippen molar-refractivity contribution in [1.82, 2.24) is 14.5 Å². The lowest BCUT2D eigenvalue weighted by Crippen LogP contribution is -2.41. The van der Waals surface area contributed by atoms with Crippen LogP contribution in [0.3, 0.4) is 0 Å². The Labute approximate surface area is 195 Å². The van der Waals surface area contributed by atoms with Crippen molar-refractivity contribution in [1.29, 1.82) is 0 Å². The van der Waals surface area contributed by atoms with Crippen molar-refractivity contribution in [3.8, 4) is 0 Å². The zero-order valence-electron chi connectivity index (χ0n) is 17.7. The highest BCUT2D eigenvalue weighted by Gasteiger charge is 2.29. The van der Waals surface area contributed by atoms with Crippen molar-refractivity contribution in [3.05, 3.63) is 23.8 Å². The minimum atomic E-state index is -3.74.